The van der Waals surface area contributed by atoms with Gasteiger partial charge in [-0.15, -0.1) is 0 Å². The summed E-state index contributed by atoms with van der Waals surface area (Å²) in [5, 5.41) is 0. The molecule has 76 valence electrons. The van der Waals surface area contributed by atoms with Crippen LogP contribution in [0.3, 0.4) is 0 Å². The molecule has 0 radical (unpaired) electrons. The van der Waals surface area contributed by atoms with Gasteiger partial charge in [-0.05, 0) is 19.3 Å². The molecule has 0 aromatic rings. The molecule has 0 bridgehead atoms. The van der Waals surface area contributed by atoms with E-state index in [1.54, 1.807) is 0 Å². The predicted octanol–water partition coefficient (Wildman–Crippen LogP) is 2.83. The van der Waals surface area contributed by atoms with Crippen LogP contribution in [0, 0.1) is 5.92 Å². The Morgan fingerprint density at radius 3 is 2.54 bits per heavy atom. The lowest BCUT2D eigenvalue weighted by molar-refractivity contribution is -0.873. The van der Waals surface area contributed by atoms with Crippen LogP contribution in [-0.2, 0) is 0 Å². The fraction of sp³-hybridized carbons (Fsp3) is 0.833. The Labute approximate surface area is 83.0 Å². The van der Waals surface area contributed by atoms with E-state index in [1.807, 2.05) is 0 Å². The maximum absolute atomic E-state index is 4.23. The average Bonchev–Trinajstić information content (AvgIpc) is 2.14. The first kappa shape index (κ1) is 10.8. The van der Waals surface area contributed by atoms with E-state index in [4.69, 9.17) is 0 Å². The van der Waals surface area contributed by atoms with E-state index in [0.717, 1.165) is 10.4 Å². The molecule has 1 nitrogen and oxygen atoms in total. The standard InChI is InChI=1S/C12H24N/c1-11-8-6-5-7-9-12(11)10-13(2,3)4/h12H,1,5-10H2,2-4H3/q+1/t12-/m1/s1. The van der Waals surface area contributed by atoms with Gasteiger partial charge in [-0.2, -0.15) is 0 Å². The van der Waals surface area contributed by atoms with Gasteiger partial charge in [-0.25, -0.2) is 0 Å². The van der Waals surface area contributed by atoms with Crippen molar-refractivity contribution in [3.63, 3.8) is 0 Å². The molecule has 13 heavy (non-hydrogen) atoms. The molecular weight excluding hydrogens is 158 g/mol. The maximum Gasteiger partial charge on any atom is 0.0846 e. The molecular formula is C12H24N+. The van der Waals surface area contributed by atoms with Crippen LogP contribution in [0.4, 0.5) is 0 Å². The zero-order chi connectivity index (χ0) is 9.90. The van der Waals surface area contributed by atoms with Crippen LogP contribution in [0.1, 0.15) is 32.1 Å². The number of nitrogens with zero attached hydrogens (tertiary/aromatic N) is 1. The molecule has 0 amide bonds. The summed E-state index contributed by atoms with van der Waals surface area (Å²) in [7, 11) is 6.83. The van der Waals surface area contributed by atoms with Crippen LogP contribution in [0.25, 0.3) is 0 Å². The Morgan fingerprint density at radius 1 is 1.23 bits per heavy atom. The zero-order valence-corrected chi connectivity index (χ0v) is 9.47. The smallest absolute Gasteiger partial charge is 0.0846 e. The van der Waals surface area contributed by atoms with E-state index >= 15 is 0 Å². The Bertz CT molecular complexity index is 176. The third kappa shape index (κ3) is 3.95. The summed E-state index contributed by atoms with van der Waals surface area (Å²) in [4.78, 5) is 0. The van der Waals surface area contributed by atoms with Gasteiger partial charge in [0, 0.05) is 5.92 Å². The molecule has 1 rings (SSSR count). The van der Waals surface area contributed by atoms with Crippen molar-refractivity contribution >= 4 is 0 Å². The highest BCUT2D eigenvalue weighted by Gasteiger charge is 2.21. The van der Waals surface area contributed by atoms with Gasteiger partial charge >= 0.3 is 0 Å². The molecule has 1 fully saturated rings. The average molecular weight is 182 g/mol. The van der Waals surface area contributed by atoms with Crippen LogP contribution in [0.2, 0.25) is 0 Å². The molecule has 0 saturated heterocycles. The summed E-state index contributed by atoms with van der Waals surface area (Å²) in [6.45, 7) is 5.49. The zero-order valence-electron chi connectivity index (χ0n) is 9.47. The van der Waals surface area contributed by atoms with Crippen molar-refractivity contribution in [1.82, 2.24) is 0 Å². The lowest BCUT2D eigenvalue weighted by Gasteiger charge is -2.29. The Balaban J connectivity index is 2.50. The summed E-state index contributed by atoms with van der Waals surface area (Å²) >= 11 is 0. The molecule has 0 aliphatic heterocycles. The van der Waals surface area contributed by atoms with Crippen molar-refractivity contribution in [2.24, 2.45) is 5.92 Å². The second-order valence-electron chi connectivity index (χ2n) is 5.43. The van der Waals surface area contributed by atoms with Gasteiger partial charge < -0.3 is 4.48 Å². The van der Waals surface area contributed by atoms with Crippen molar-refractivity contribution in [3.05, 3.63) is 12.2 Å². The van der Waals surface area contributed by atoms with Gasteiger partial charge in [0.05, 0.1) is 27.7 Å². The third-order valence-corrected chi connectivity index (χ3v) is 2.90. The molecule has 0 aromatic carbocycles. The molecule has 1 heteroatoms. The molecule has 1 aliphatic rings. The number of quaternary nitrogens is 1. The summed E-state index contributed by atoms with van der Waals surface area (Å²) < 4.78 is 1.07. The summed E-state index contributed by atoms with van der Waals surface area (Å²) in [5.41, 5.74) is 1.51. The Morgan fingerprint density at radius 2 is 1.92 bits per heavy atom. The molecule has 0 unspecified atom stereocenters. The summed E-state index contributed by atoms with van der Waals surface area (Å²) in [6.07, 6.45) is 6.82. The highest BCUT2D eigenvalue weighted by molar-refractivity contribution is 5.01. The number of hydrogen-bond donors (Lipinski definition) is 0. The molecule has 1 aliphatic carbocycles. The first-order valence-corrected chi connectivity index (χ1v) is 5.47. The van der Waals surface area contributed by atoms with Crippen molar-refractivity contribution in [1.29, 1.82) is 0 Å². The van der Waals surface area contributed by atoms with Gasteiger partial charge in [0.25, 0.3) is 0 Å². The molecule has 1 saturated carbocycles. The minimum Gasteiger partial charge on any atom is -0.330 e. The second kappa shape index (κ2) is 4.28. The Kier molecular flexibility index (Phi) is 3.55. The van der Waals surface area contributed by atoms with E-state index in [2.05, 4.69) is 27.7 Å². The van der Waals surface area contributed by atoms with Gasteiger partial charge in [-0.1, -0.05) is 25.0 Å². The first-order chi connectivity index (χ1) is 5.99. The number of hydrogen-bond acceptors (Lipinski definition) is 0. The lowest BCUT2D eigenvalue weighted by atomic mass is 9.95. The van der Waals surface area contributed by atoms with Gasteiger partial charge in [-0.3, -0.25) is 0 Å². The van der Waals surface area contributed by atoms with Gasteiger partial charge in [0.15, 0.2) is 0 Å². The van der Waals surface area contributed by atoms with Crippen molar-refractivity contribution < 1.29 is 4.48 Å². The van der Waals surface area contributed by atoms with Crippen molar-refractivity contribution in [2.45, 2.75) is 32.1 Å². The maximum atomic E-state index is 4.23. The van der Waals surface area contributed by atoms with Crippen LogP contribution in [-0.4, -0.2) is 32.2 Å². The van der Waals surface area contributed by atoms with E-state index in [9.17, 15) is 0 Å². The topological polar surface area (TPSA) is 0 Å². The molecule has 0 heterocycles. The normalized spacial score (nSPS) is 25.8. The SMILES string of the molecule is C=C1CCCCC[C@@H]1C[N+](C)(C)C. The summed E-state index contributed by atoms with van der Waals surface area (Å²) in [5.74, 6) is 0.780. The molecule has 0 aromatic heterocycles. The van der Waals surface area contributed by atoms with Crippen LogP contribution < -0.4 is 0 Å². The van der Waals surface area contributed by atoms with Crippen LogP contribution in [0.5, 0.6) is 0 Å². The third-order valence-electron chi connectivity index (χ3n) is 2.90. The highest BCUT2D eigenvalue weighted by atomic mass is 15.3. The minimum absolute atomic E-state index is 0.780. The Hall–Kier alpha value is -0.300. The van der Waals surface area contributed by atoms with E-state index in [-0.39, 0.29) is 0 Å². The van der Waals surface area contributed by atoms with Crippen molar-refractivity contribution in [2.75, 3.05) is 27.7 Å². The van der Waals surface area contributed by atoms with Crippen molar-refractivity contribution in [3.8, 4) is 0 Å². The fourth-order valence-corrected chi connectivity index (χ4v) is 2.21. The van der Waals surface area contributed by atoms with Crippen LogP contribution in [0.15, 0.2) is 12.2 Å². The highest BCUT2D eigenvalue weighted by Crippen LogP contribution is 2.27. The second-order valence-corrected chi connectivity index (χ2v) is 5.43. The van der Waals surface area contributed by atoms with Gasteiger partial charge in [0.1, 0.15) is 0 Å². The number of rotatable bonds is 2. The van der Waals surface area contributed by atoms with Crippen LogP contribution >= 0.6 is 0 Å². The monoisotopic (exact) mass is 182 g/mol. The summed E-state index contributed by atoms with van der Waals surface area (Å²) in [6, 6.07) is 0. The molecule has 1 atom stereocenters. The molecule has 0 spiro atoms. The first-order valence-electron chi connectivity index (χ1n) is 5.47. The fourth-order valence-electron chi connectivity index (χ4n) is 2.21. The lowest BCUT2D eigenvalue weighted by Crippen LogP contribution is -2.39. The largest absolute Gasteiger partial charge is 0.330 e. The molecule has 0 N–H and O–H groups in total. The predicted molar refractivity (Wildman–Crippen MR) is 58.6 cm³/mol. The van der Waals surface area contributed by atoms with E-state index < -0.39 is 0 Å². The minimum atomic E-state index is 0.780. The van der Waals surface area contributed by atoms with E-state index in [0.29, 0.717) is 0 Å². The van der Waals surface area contributed by atoms with E-state index in [1.165, 1.54) is 44.2 Å². The quantitative estimate of drug-likeness (QED) is 0.350. The van der Waals surface area contributed by atoms with Gasteiger partial charge in [0.2, 0.25) is 0 Å².